The van der Waals surface area contributed by atoms with Gasteiger partial charge in [-0.15, -0.1) is 10.2 Å². The first-order valence-corrected chi connectivity index (χ1v) is 13.4. The summed E-state index contributed by atoms with van der Waals surface area (Å²) in [6, 6.07) is 15.7. The van der Waals surface area contributed by atoms with Gasteiger partial charge in [0, 0.05) is 27.2 Å². The van der Waals surface area contributed by atoms with E-state index >= 15 is 0 Å². The summed E-state index contributed by atoms with van der Waals surface area (Å²) in [5.41, 5.74) is 0.0353. The minimum absolute atomic E-state index is 0.0803. The molecule has 0 fully saturated rings. The van der Waals surface area contributed by atoms with E-state index in [1.54, 1.807) is 36.4 Å². The Morgan fingerprint density at radius 3 is 2.50 bits per heavy atom. The zero-order valence-electron chi connectivity index (χ0n) is 20.1. The number of benzene rings is 4. The summed E-state index contributed by atoms with van der Waals surface area (Å²) in [6.45, 7) is 3.63. The molecule has 4 aromatic rings. The maximum absolute atomic E-state index is 13.2. The predicted molar refractivity (Wildman–Crippen MR) is 146 cm³/mol. The number of nitrogens with one attached hydrogen (secondary N) is 1. The Morgan fingerprint density at radius 2 is 1.79 bits per heavy atom. The van der Waals surface area contributed by atoms with Gasteiger partial charge in [0.1, 0.15) is 22.0 Å². The van der Waals surface area contributed by atoms with Crippen molar-refractivity contribution in [3.8, 4) is 11.5 Å². The van der Waals surface area contributed by atoms with Gasteiger partial charge in [-0.1, -0.05) is 47.5 Å². The van der Waals surface area contributed by atoms with E-state index < -0.39 is 26.7 Å². The monoisotopic (exact) mass is 573 g/mol. The molecule has 0 heterocycles. The van der Waals surface area contributed by atoms with Crippen LogP contribution in [0.1, 0.15) is 22.8 Å². The minimum atomic E-state index is -4.70. The molecule has 0 spiro atoms. The molecule has 196 valence electrons. The molecule has 12 heteroatoms. The quantitative estimate of drug-likeness (QED) is 0.155. The fourth-order valence-corrected chi connectivity index (χ4v) is 5.15. The number of halogens is 2. The van der Waals surface area contributed by atoms with Crippen molar-refractivity contribution in [3.63, 3.8) is 0 Å². The molecule has 0 saturated carbocycles. The Kier molecular flexibility index (Phi) is 7.89. The second-order valence-corrected chi connectivity index (χ2v) is 10.3. The van der Waals surface area contributed by atoms with Gasteiger partial charge < -0.3 is 15.2 Å². The second-order valence-electron chi connectivity index (χ2n) is 8.10. The summed E-state index contributed by atoms with van der Waals surface area (Å²) in [5.74, 6) is -0.688. The molecule has 0 aliphatic rings. The van der Waals surface area contributed by atoms with E-state index in [0.29, 0.717) is 33.8 Å². The fourth-order valence-electron chi connectivity index (χ4n) is 3.84. The molecular weight excluding hydrogens is 553 g/mol. The average Bonchev–Trinajstić information content (AvgIpc) is 2.84. The van der Waals surface area contributed by atoms with Gasteiger partial charge in [0.25, 0.3) is 16.0 Å². The van der Waals surface area contributed by atoms with Gasteiger partial charge >= 0.3 is 0 Å². The zero-order valence-corrected chi connectivity index (χ0v) is 22.4. The van der Waals surface area contributed by atoms with Crippen molar-refractivity contribution >= 4 is 67.1 Å². The third kappa shape index (κ3) is 5.73. The Hall–Kier alpha value is -3.70. The highest BCUT2D eigenvalue weighted by Gasteiger charge is 2.22. The number of nitrogens with zero attached hydrogens (tertiary/aromatic N) is 2. The molecule has 4 rings (SSSR count). The van der Waals surface area contributed by atoms with Crippen LogP contribution in [0.2, 0.25) is 10.0 Å². The number of fused-ring (bicyclic) bond motifs is 1. The predicted octanol–water partition coefficient (Wildman–Crippen LogP) is 7.47. The van der Waals surface area contributed by atoms with Crippen molar-refractivity contribution < 1.29 is 27.6 Å². The van der Waals surface area contributed by atoms with E-state index in [-0.39, 0.29) is 27.5 Å². The van der Waals surface area contributed by atoms with Gasteiger partial charge in [-0.2, -0.15) is 8.42 Å². The third-order valence-electron chi connectivity index (χ3n) is 5.51. The molecule has 9 nitrogen and oxygen atoms in total. The number of amides is 1. The Bertz CT molecular complexity index is 1710. The SMILES string of the molecule is CCOc1cc(Cl)cc(NC(=O)c2cc3ccccc3c(N=Nc3ccc(Cl)c(C)c3S(=O)(=O)O)c2O)c1. The molecule has 0 aliphatic carbocycles. The van der Waals surface area contributed by atoms with Crippen molar-refractivity contribution in [2.75, 3.05) is 11.9 Å². The summed E-state index contributed by atoms with van der Waals surface area (Å²) in [5, 5.41) is 23.3. The average molecular weight is 574 g/mol. The van der Waals surface area contributed by atoms with Gasteiger partial charge in [0.05, 0.1) is 12.2 Å². The van der Waals surface area contributed by atoms with Crippen molar-refractivity contribution in [2.45, 2.75) is 18.7 Å². The molecule has 3 N–H and O–H groups in total. The van der Waals surface area contributed by atoms with E-state index in [1.807, 2.05) is 6.92 Å². The van der Waals surface area contributed by atoms with Crippen LogP contribution >= 0.6 is 23.2 Å². The van der Waals surface area contributed by atoms with E-state index in [1.165, 1.54) is 31.2 Å². The number of ether oxygens (including phenoxy) is 1. The topological polar surface area (TPSA) is 138 Å². The van der Waals surface area contributed by atoms with E-state index in [0.717, 1.165) is 0 Å². The molecule has 0 radical (unpaired) electrons. The van der Waals surface area contributed by atoms with E-state index in [9.17, 15) is 22.9 Å². The fraction of sp³-hybridized carbons (Fsp3) is 0.115. The van der Waals surface area contributed by atoms with Crippen molar-refractivity contribution in [1.82, 2.24) is 0 Å². The molecule has 1 amide bonds. The second kappa shape index (κ2) is 11.0. The van der Waals surface area contributed by atoms with Crippen molar-refractivity contribution in [3.05, 3.63) is 81.8 Å². The molecule has 0 bridgehead atoms. The first kappa shape index (κ1) is 27.3. The summed E-state index contributed by atoms with van der Waals surface area (Å²) in [7, 11) is -4.70. The van der Waals surface area contributed by atoms with Crippen LogP contribution in [0, 0.1) is 6.92 Å². The normalized spacial score (nSPS) is 11.7. The lowest BCUT2D eigenvalue weighted by molar-refractivity contribution is 0.102. The number of phenols is 1. The Morgan fingerprint density at radius 1 is 1.05 bits per heavy atom. The Labute approximate surface area is 228 Å². The highest BCUT2D eigenvalue weighted by Crippen LogP contribution is 2.41. The number of phenolic OH excluding ortho intramolecular Hbond substituents is 1. The van der Waals surface area contributed by atoms with Crippen LogP contribution in [0.15, 0.2) is 75.8 Å². The summed E-state index contributed by atoms with van der Waals surface area (Å²) in [4.78, 5) is 12.7. The summed E-state index contributed by atoms with van der Waals surface area (Å²) < 4.78 is 39.2. The number of azo groups is 1. The van der Waals surface area contributed by atoms with Crippen LogP contribution in [0.25, 0.3) is 10.8 Å². The standard InChI is InChI=1S/C26H21Cl2N3O6S/c1-3-37-18-12-16(27)11-17(13-18)29-26(33)20-10-15-6-4-5-7-19(15)23(24(20)32)31-30-22-9-8-21(28)14(2)25(22)38(34,35)36/h4-13,32H,3H2,1-2H3,(H,29,33)(H,34,35,36). The highest BCUT2D eigenvalue weighted by atomic mass is 35.5. The number of carbonyl (C=O) groups excluding carboxylic acids is 1. The molecule has 0 aromatic heterocycles. The number of carbonyl (C=O) groups is 1. The van der Waals surface area contributed by atoms with E-state index in [2.05, 4.69) is 15.5 Å². The lowest BCUT2D eigenvalue weighted by Gasteiger charge is -2.13. The molecule has 0 unspecified atom stereocenters. The first-order chi connectivity index (χ1) is 18.0. The third-order valence-corrected chi connectivity index (χ3v) is 7.17. The number of rotatable bonds is 7. The van der Waals surface area contributed by atoms with Crippen LogP contribution in [0.3, 0.4) is 0 Å². The van der Waals surface area contributed by atoms with Crippen LogP contribution in [-0.4, -0.2) is 30.6 Å². The largest absolute Gasteiger partial charge is 0.505 e. The van der Waals surface area contributed by atoms with Crippen LogP contribution in [0.5, 0.6) is 11.5 Å². The zero-order chi connectivity index (χ0) is 27.6. The van der Waals surface area contributed by atoms with Crippen LogP contribution in [0.4, 0.5) is 17.1 Å². The summed E-state index contributed by atoms with van der Waals surface area (Å²) >= 11 is 12.2. The highest BCUT2D eigenvalue weighted by molar-refractivity contribution is 7.86. The van der Waals surface area contributed by atoms with E-state index in [4.69, 9.17) is 27.9 Å². The lowest BCUT2D eigenvalue weighted by Crippen LogP contribution is -2.12. The molecule has 4 aromatic carbocycles. The number of aromatic hydroxyl groups is 1. The number of hydrogen-bond acceptors (Lipinski definition) is 7. The lowest BCUT2D eigenvalue weighted by atomic mass is 10.0. The number of anilines is 1. The van der Waals surface area contributed by atoms with Gasteiger partial charge in [-0.25, -0.2) is 0 Å². The Balaban J connectivity index is 1.81. The smallest absolute Gasteiger partial charge is 0.297 e. The number of hydrogen-bond donors (Lipinski definition) is 3. The summed E-state index contributed by atoms with van der Waals surface area (Å²) in [6.07, 6.45) is 0. The minimum Gasteiger partial charge on any atom is -0.505 e. The molecular formula is C26H21Cl2N3O6S. The molecule has 0 saturated heterocycles. The molecule has 38 heavy (non-hydrogen) atoms. The van der Waals surface area contributed by atoms with Crippen molar-refractivity contribution in [1.29, 1.82) is 0 Å². The maximum Gasteiger partial charge on any atom is 0.297 e. The van der Waals surface area contributed by atoms with Gasteiger partial charge in [0.2, 0.25) is 0 Å². The van der Waals surface area contributed by atoms with Gasteiger partial charge in [-0.05, 0) is 55.1 Å². The first-order valence-electron chi connectivity index (χ1n) is 11.2. The van der Waals surface area contributed by atoms with Gasteiger partial charge in [-0.3, -0.25) is 9.35 Å². The molecule has 0 aliphatic heterocycles. The maximum atomic E-state index is 13.2. The van der Waals surface area contributed by atoms with Crippen molar-refractivity contribution in [2.24, 2.45) is 10.2 Å². The van der Waals surface area contributed by atoms with Crippen LogP contribution in [-0.2, 0) is 10.1 Å². The van der Waals surface area contributed by atoms with Gasteiger partial charge in [0.15, 0.2) is 5.75 Å². The molecule has 0 atom stereocenters. The van der Waals surface area contributed by atoms with Crippen LogP contribution < -0.4 is 10.1 Å².